The van der Waals surface area contributed by atoms with Gasteiger partial charge in [-0.3, -0.25) is 4.68 Å². The number of hydrogen-bond donors (Lipinski definition) is 2. The average Bonchev–Trinajstić information content (AvgIpc) is 2.92. The first-order chi connectivity index (χ1) is 12.0. The number of aliphatic hydroxyl groups is 1. The Bertz CT molecular complexity index is 980. The minimum Gasteiger partial charge on any atom is -0.478 e. The van der Waals surface area contributed by atoms with E-state index in [1.54, 1.807) is 22.9 Å². The molecule has 0 atom stereocenters. The molecule has 0 unspecified atom stereocenters. The van der Waals surface area contributed by atoms with Crippen LogP contribution in [0.5, 0.6) is 0 Å². The highest BCUT2D eigenvalue weighted by molar-refractivity contribution is 6.35. The van der Waals surface area contributed by atoms with Gasteiger partial charge in [0.25, 0.3) is 0 Å². The summed E-state index contributed by atoms with van der Waals surface area (Å²) in [5.74, 6) is -1.05. The molecular formula is C18H14Cl2N2O3. The van der Waals surface area contributed by atoms with Crippen molar-refractivity contribution in [1.29, 1.82) is 0 Å². The molecule has 5 nitrogen and oxygen atoms in total. The largest absolute Gasteiger partial charge is 0.478 e. The summed E-state index contributed by atoms with van der Waals surface area (Å²) < 4.78 is 1.73. The zero-order chi connectivity index (χ0) is 18.0. The SMILES string of the molecule is O=C(O)C=Cc1nn(Cc2ccc(Cl)cc2Cl)c2cc(CO)ccc12. The summed E-state index contributed by atoms with van der Waals surface area (Å²) in [7, 11) is 0. The number of benzene rings is 2. The van der Waals surface area contributed by atoms with Gasteiger partial charge in [0, 0.05) is 21.5 Å². The van der Waals surface area contributed by atoms with Crippen molar-refractivity contribution in [2.24, 2.45) is 0 Å². The first kappa shape index (κ1) is 17.5. The minimum absolute atomic E-state index is 0.0941. The Morgan fingerprint density at radius 2 is 2.00 bits per heavy atom. The summed E-state index contributed by atoms with van der Waals surface area (Å²) in [5.41, 5.74) is 2.89. The summed E-state index contributed by atoms with van der Waals surface area (Å²) in [6.07, 6.45) is 2.49. The second-order valence-electron chi connectivity index (χ2n) is 5.46. The lowest BCUT2D eigenvalue weighted by Crippen LogP contribution is -2.03. The van der Waals surface area contributed by atoms with Crippen molar-refractivity contribution in [2.45, 2.75) is 13.2 Å². The summed E-state index contributed by atoms with van der Waals surface area (Å²) >= 11 is 12.2. The second-order valence-corrected chi connectivity index (χ2v) is 6.30. The minimum atomic E-state index is -1.05. The van der Waals surface area contributed by atoms with E-state index in [4.69, 9.17) is 28.3 Å². The van der Waals surface area contributed by atoms with Gasteiger partial charge in [-0.25, -0.2) is 4.79 Å². The molecule has 2 aromatic carbocycles. The summed E-state index contributed by atoms with van der Waals surface area (Å²) in [5, 5.41) is 24.6. The van der Waals surface area contributed by atoms with E-state index in [2.05, 4.69) is 5.10 Å². The molecular weight excluding hydrogens is 363 g/mol. The molecule has 7 heteroatoms. The number of carboxylic acids is 1. The molecule has 0 amide bonds. The van der Waals surface area contributed by atoms with Gasteiger partial charge in [0.05, 0.1) is 24.4 Å². The molecule has 0 bridgehead atoms. The van der Waals surface area contributed by atoms with E-state index in [9.17, 15) is 9.90 Å². The maximum atomic E-state index is 10.8. The Balaban J connectivity index is 2.10. The van der Waals surface area contributed by atoms with Gasteiger partial charge in [-0.1, -0.05) is 41.4 Å². The number of hydrogen-bond acceptors (Lipinski definition) is 3. The summed E-state index contributed by atoms with van der Waals surface area (Å²) in [6.45, 7) is 0.297. The molecule has 0 radical (unpaired) electrons. The highest BCUT2D eigenvalue weighted by Crippen LogP contribution is 2.26. The smallest absolute Gasteiger partial charge is 0.328 e. The number of carboxylic acid groups (broad SMARTS) is 1. The molecule has 2 N–H and O–H groups in total. The van der Waals surface area contributed by atoms with Crippen LogP contribution >= 0.6 is 23.2 Å². The van der Waals surface area contributed by atoms with Crippen LogP contribution in [-0.2, 0) is 17.9 Å². The van der Waals surface area contributed by atoms with Crippen molar-refractivity contribution >= 4 is 46.2 Å². The highest BCUT2D eigenvalue weighted by Gasteiger charge is 2.12. The molecule has 1 aromatic heterocycles. The van der Waals surface area contributed by atoms with Crippen molar-refractivity contribution in [3.05, 3.63) is 69.3 Å². The third-order valence-corrected chi connectivity index (χ3v) is 4.33. The van der Waals surface area contributed by atoms with Gasteiger partial charge in [0.15, 0.2) is 0 Å². The molecule has 25 heavy (non-hydrogen) atoms. The van der Waals surface area contributed by atoms with Crippen LogP contribution in [-0.4, -0.2) is 26.0 Å². The molecule has 0 saturated carbocycles. The van der Waals surface area contributed by atoms with Gasteiger partial charge in [-0.2, -0.15) is 5.10 Å². The van der Waals surface area contributed by atoms with Crippen molar-refractivity contribution in [3.8, 4) is 0 Å². The van der Waals surface area contributed by atoms with E-state index in [0.29, 0.717) is 22.3 Å². The Morgan fingerprint density at radius 3 is 2.68 bits per heavy atom. The van der Waals surface area contributed by atoms with E-state index in [0.717, 1.165) is 28.1 Å². The Morgan fingerprint density at radius 1 is 1.20 bits per heavy atom. The third kappa shape index (κ3) is 3.85. The van der Waals surface area contributed by atoms with Gasteiger partial charge < -0.3 is 10.2 Å². The zero-order valence-corrected chi connectivity index (χ0v) is 14.5. The van der Waals surface area contributed by atoms with E-state index in [1.165, 1.54) is 6.08 Å². The molecule has 3 aromatic rings. The van der Waals surface area contributed by atoms with E-state index >= 15 is 0 Å². The van der Waals surface area contributed by atoms with Crippen LogP contribution in [0.1, 0.15) is 16.8 Å². The van der Waals surface area contributed by atoms with Crippen LogP contribution in [0.2, 0.25) is 10.0 Å². The first-order valence-corrected chi connectivity index (χ1v) is 8.19. The molecule has 0 aliphatic rings. The Hall–Kier alpha value is -2.34. The topological polar surface area (TPSA) is 75.3 Å². The molecule has 3 rings (SSSR count). The predicted molar refractivity (Wildman–Crippen MR) is 97.9 cm³/mol. The molecule has 0 aliphatic heterocycles. The maximum absolute atomic E-state index is 10.8. The average molecular weight is 377 g/mol. The van der Waals surface area contributed by atoms with E-state index in [1.807, 2.05) is 18.2 Å². The molecule has 1 heterocycles. The summed E-state index contributed by atoms with van der Waals surface area (Å²) in [4.78, 5) is 10.8. The normalized spacial score (nSPS) is 11.5. The van der Waals surface area contributed by atoms with Crippen LogP contribution < -0.4 is 0 Å². The lowest BCUT2D eigenvalue weighted by Gasteiger charge is -2.07. The van der Waals surface area contributed by atoms with Crippen molar-refractivity contribution < 1.29 is 15.0 Å². The van der Waals surface area contributed by atoms with Crippen LogP contribution in [0, 0.1) is 0 Å². The number of aromatic nitrogens is 2. The van der Waals surface area contributed by atoms with Crippen molar-refractivity contribution in [3.63, 3.8) is 0 Å². The number of halogens is 2. The fraction of sp³-hybridized carbons (Fsp3) is 0.111. The second kappa shape index (κ2) is 7.27. The number of rotatable bonds is 5. The van der Waals surface area contributed by atoms with Gasteiger partial charge in [0.2, 0.25) is 0 Å². The zero-order valence-electron chi connectivity index (χ0n) is 13.0. The first-order valence-electron chi connectivity index (χ1n) is 7.43. The van der Waals surface area contributed by atoms with Crippen LogP contribution in [0.15, 0.2) is 42.5 Å². The summed E-state index contributed by atoms with van der Waals surface area (Å²) in [6, 6.07) is 10.6. The van der Waals surface area contributed by atoms with Crippen LogP contribution in [0.3, 0.4) is 0 Å². The number of nitrogens with zero attached hydrogens (tertiary/aromatic N) is 2. The highest BCUT2D eigenvalue weighted by atomic mass is 35.5. The van der Waals surface area contributed by atoms with E-state index < -0.39 is 5.97 Å². The van der Waals surface area contributed by atoms with E-state index in [-0.39, 0.29) is 6.61 Å². The number of aliphatic carboxylic acids is 1. The lowest BCUT2D eigenvalue weighted by molar-refractivity contribution is -0.131. The van der Waals surface area contributed by atoms with Crippen LogP contribution in [0.25, 0.3) is 17.0 Å². The monoisotopic (exact) mass is 376 g/mol. The number of carbonyl (C=O) groups is 1. The maximum Gasteiger partial charge on any atom is 0.328 e. The van der Waals surface area contributed by atoms with Crippen molar-refractivity contribution in [1.82, 2.24) is 9.78 Å². The van der Waals surface area contributed by atoms with Crippen LogP contribution in [0.4, 0.5) is 0 Å². The molecule has 128 valence electrons. The van der Waals surface area contributed by atoms with Gasteiger partial charge >= 0.3 is 5.97 Å². The standard InChI is InChI=1S/C18H14Cl2N2O3/c19-13-3-2-12(15(20)8-13)9-22-17-7-11(10-23)1-4-14(17)16(21-22)5-6-18(24)25/h1-8,23H,9-10H2,(H,24,25). The van der Waals surface area contributed by atoms with Gasteiger partial charge in [0.1, 0.15) is 0 Å². The quantitative estimate of drug-likeness (QED) is 0.660. The predicted octanol–water partition coefficient (Wildman–Crippen LogP) is 3.98. The lowest BCUT2D eigenvalue weighted by atomic mass is 10.1. The molecule has 0 spiro atoms. The Labute approximate surface area is 153 Å². The number of aliphatic hydroxyl groups excluding tert-OH is 1. The number of fused-ring (bicyclic) bond motifs is 1. The molecule has 0 fully saturated rings. The Kier molecular flexibility index (Phi) is 5.08. The fourth-order valence-electron chi connectivity index (χ4n) is 2.55. The third-order valence-electron chi connectivity index (χ3n) is 3.75. The molecule has 0 aliphatic carbocycles. The van der Waals surface area contributed by atoms with Gasteiger partial charge in [-0.15, -0.1) is 0 Å². The van der Waals surface area contributed by atoms with Gasteiger partial charge in [-0.05, 0) is 35.4 Å². The van der Waals surface area contributed by atoms with Crippen molar-refractivity contribution in [2.75, 3.05) is 0 Å². The fourth-order valence-corrected chi connectivity index (χ4v) is 3.02. The molecule has 0 saturated heterocycles.